The van der Waals surface area contributed by atoms with Crippen LogP contribution in [0.25, 0.3) is 10.9 Å². The molecule has 4 rings (SSSR count). The predicted molar refractivity (Wildman–Crippen MR) is 127 cm³/mol. The van der Waals surface area contributed by atoms with Crippen LogP contribution in [-0.4, -0.2) is 42.1 Å². The third-order valence-electron chi connectivity index (χ3n) is 6.25. The van der Waals surface area contributed by atoms with Crippen LogP contribution < -0.4 is 15.5 Å². The van der Waals surface area contributed by atoms with Crippen molar-refractivity contribution in [2.75, 3.05) is 24.3 Å². The highest BCUT2D eigenvalue weighted by molar-refractivity contribution is 5.95. The Hall–Kier alpha value is -3.57. The highest BCUT2D eigenvalue weighted by Gasteiger charge is 2.37. The van der Waals surface area contributed by atoms with Gasteiger partial charge in [-0.1, -0.05) is 12.1 Å². The molecule has 3 aromatic rings. The number of para-hydroxylation sites is 1. The lowest BCUT2D eigenvalue weighted by molar-refractivity contribution is -0.143. The van der Waals surface area contributed by atoms with Gasteiger partial charge in [0.05, 0.1) is 16.6 Å². The summed E-state index contributed by atoms with van der Waals surface area (Å²) < 4.78 is 78.7. The lowest BCUT2D eigenvalue weighted by Crippen LogP contribution is -2.40. The largest absolute Gasteiger partial charge is 0.416 e. The van der Waals surface area contributed by atoms with Crippen molar-refractivity contribution < 1.29 is 31.1 Å². The second-order valence-electron chi connectivity index (χ2n) is 9.24. The van der Waals surface area contributed by atoms with Gasteiger partial charge in [-0.2, -0.15) is 31.3 Å². The molecule has 37 heavy (non-hydrogen) atoms. The third-order valence-corrected chi connectivity index (χ3v) is 6.25. The molecule has 198 valence electrons. The van der Waals surface area contributed by atoms with Crippen molar-refractivity contribution >= 4 is 28.6 Å². The van der Waals surface area contributed by atoms with E-state index in [1.54, 1.807) is 0 Å². The van der Waals surface area contributed by atoms with Crippen LogP contribution in [0, 0.1) is 0 Å². The van der Waals surface area contributed by atoms with Crippen molar-refractivity contribution in [1.82, 2.24) is 15.3 Å². The number of amides is 1. The highest BCUT2D eigenvalue weighted by atomic mass is 19.4. The molecular formula is C25H25F6N5O. The fraction of sp³-hybridized carbons (Fsp3) is 0.400. The van der Waals surface area contributed by atoms with E-state index in [1.165, 1.54) is 0 Å². The minimum atomic E-state index is -5.02. The maximum Gasteiger partial charge on any atom is 0.416 e. The maximum absolute atomic E-state index is 13.1. The topological polar surface area (TPSA) is 70.2 Å². The zero-order valence-electron chi connectivity index (χ0n) is 20.0. The van der Waals surface area contributed by atoms with E-state index in [0.717, 1.165) is 16.7 Å². The summed E-state index contributed by atoms with van der Waals surface area (Å²) in [6, 6.07) is 8.11. The summed E-state index contributed by atoms with van der Waals surface area (Å²) in [5.41, 5.74) is -2.94. The molecule has 1 saturated carbocycles. The van der Waals surface area contributed by atoms with E-state index in [2.05, 4.69) is 20.6 Å². The summed E-state index contributed by atoms with van der Waals surface area (Å²) in [6.45, 7) is 0. The minimum Gasteiger partial charge on any atom is -0.362 e. The Morgan fingerprint density at radius 1 is 0.865 bits per heavy atom. The number of anilines is 2. The standard InChI is InChI=1S/C25H25F6N5O/c1-36(2)21-19-5-3-4-6-20(19)34-23(35-21)33-18-9-7-17(8-10-18)32-22(37)14-11-15(24(26,27)28)13-16(12-14)25(29,30)31/h3-6,11-13,17-18H,7-10H2,1-2H3,(H,32,37)(H,33,34,35)/t17-,18+. The molecule has 0 aliphatic heterocycles. The molecule has 0 radical (unpaired) electrons. The molecule has 0 unspecified atom stereocenters. The van der Waals surface area contributed by atoms with E-state index in [4.69, 9.17) is 0 Å². The molecule has 2 N–H and O–H groups in total. The number of halogens is 6. The smallest absolute Gasteiger partial charge is 0.362 e. The van der Waals surface area contributed by atoms with Crippen LogP contribution in [0.1, 0.15) is 47.2 Å². The zero-order chi connectivity index (χ0) is 27.0. The second-order valence-corrected chi connectivity index (χ2v) is 9.24. The molecule has 1 aliphatic carbocycles. The first-order valence-corrected chi connectivity index (χ1v) is 11.6. The first-order chi connectivity index (χ1) is 17.3. The molecule has 0 saturated heterocycles. The van der Waals surface area contributed by atoms with E-state index in [9.17, 15) is 31.1 Å². The van der Waals surface area contributed by atoms with Gasteiger partial charge in [0.1, 0.15) is 5.82 Å². The summed E-state index contributed by atoms with van der Waals surface area (Å²) in [5.74, 6) is 0.244. The number of hydrogen-bond donors (Lipinski definition) is 2. The first-order valence-electron chi connectivity index (χ1n) is 11.6. The van der Waals surface area contributed by atoms with Gasteiger partial charge in [0.15, 0.2) is 0 Å². The Morgan fingerprint density at radius 2 is 1.43 bits per heavy atom. The number of hydrogen-bond acceptors (Lipinski definition) is 5. The first kappa shape index (κ1) is 26.5. The van der Waals surface area contributed by atoms with Crippen molar-refractivity contribution in [3.63, 3.8) is 0 Å². The molecule has 0 atom stereocenters. The van der Waals surface area contributed by atoms with Gasteiger partial charge in [0, 0.05) is 37.1 Å². The van der Waals surface area contributed by atoms with Crippen molar-refractivity contribution in [2.45, 2.75) is 50.1 Å². The Balaban J connectivity index is 1.42. The van der Waals surface area contributed by atoms with Crippen LogP contribution >= 0.6 is 0 Å². The molecule has 0 bridgehead atoms. The normalized spacial score (nSPS) is 18.5. The molecule has 1 amide bonds. The van der Waals surface area contributed by atoms with E-state index >= 15 is 0 Å². The van der Waals surface area contributed by atoms with Gasteiger partial charge in [0.25, 0.3) is 5.91 Å². The van der Waals surface area contributed by atoms with Crippen LogP contribution in [0.2, 0.25) is 0 Å². The summed E-state index contributed by atoms with van der Waals surface area (Å²) >= 11 is 0. The van der Waals surface area contributed by atoms with Crippen LogP contribution in [0.5, 0.6) is 0 Å². The van der Waals surface area contributed by atoms with Gasteiger partial charge in [-0.05, 0) is 56.0 Å². The minimum absolute atomic E-state index is 0.00420. The Kier molecular flexibility index (Phi) is 7.20. The van der Waals surface area contributed by atoms with E-state index in [0.29, 0.717) is 43.8 Å². The number of alkyl halides is 6. The zero-order valence-corrected chi connectivity index (χ0v) is 20.0. The number of aromatic nitrogens is 2. The van der Waals surface area contributed by atoms with E-state index in [-0.39, 0.29) is 18.2 Å². The molecule has 6 nitrogen and oxygen atoms in total. The number of nitrogens with zero attached hydrogens (tertiary/aromatic N) is 3. The summed E-state index contributed by atoms with van der Waals surface area (Å²) in [7, 11) is 3.77. The fourth-order valence-electron chi connectivity index (χ4n) is 4.38. The molecule has 1 heterocycles. The van der Waals surface area contributed by atoms with Crippen molar-refractivity contribution in [3.05, 3.63) is 59.2 Å². The number of carbonyl (C=O) groups is 1. The maximum atomic E-state index is 13.1. The van der Waals surface area contributed by atoms with Crippen LogP contribution in [0.4, 0.5) is 38.1 Å². The van der Waals surface area contributed by atoms with E-state index < -0.39 is 35.0 Å². The molecule has 12 heteroatoms. The van der Waals surface area contributed by atoms with Crippen LogP contribution in [0.3, 0.4) is 0 Å². The van der Waals surface area contributed by atoms with Gasteiger partial charge >= 0.3 is 12.4 Å². The average molecular weight is 525 g/mol. The summed E-state index contributed by atoms with van der Waals surface area (Å²) in [5, 5.41) is 6.81. The molecule has 1 fully saturated rings. The Labute approximate surface area is 209 Å². The van der Waals surface area contributed by atoms with Gasteiger partial charge in [0.2, 0.25) is 5.95 Å². The van der Waals surface area contributed by atoms with Crippen LogP contribution in [0.15, 0.2) is 42.5 Å². The molecular weight excluding hydrogens is 500 g/mol. The predicted octanol–water partition coefficient (Wildman–Crippen LogP) is 5.89. The molecule has 2 aromatic carbocycles. The average Bonchev–Trinajstić information content (AvgIpc) is 2.83. The Bertz CT molecular complexity index is 1250. The number of fused-ring (bicyclic) bond motifs is 1. The number of rotatable bonds is 5. The Morgan fingerprint density at radius 3 is 2.00 bits per heavy atom. The lowest BCUT2D eigenvalue weighted by Gasteiger charge is -2.30. The molecule has 1 aromatic heterocycles. The SMILES string of the molecule is CN(C)c1nc(N[C@H]2CC[C@@H](NC(=O)c3cc(C(F)(F)F)cc(C(F)(F)F)c3)CC2)nc2ccccc12. The monoisotopic (exact) mass is 525 g/mol. The van der Waals surface area contributed by atoms with Gasteiger partial charge < -0.3 is 15.5 Å². The number of benzene rings is 2. The van der Waals surface area contributed by atoms with Crippen molar-refractivity contribution in [3.8, 4) is 0 Å². The number of nitrogens with one attached hydrogen (secondary N) is 2. The summed E-state index contributed by atoms with van der Waals surface area (Å²) in [6.07, 6.45) is -7.84. The highest BCUT2D eigenvalue weighted by Crippen LogP contribution is 2.36. The van der Waals surface area contributed by atoms with Gasteiger partial charge in [-0.3, -0.25) is 4.79 Å². The van der Waals surface area contributed by atoms with Crippen LogP contribution in [-0.2, 0) is 12.4 Å². The van der Waals surface area contributed by atoms with Gasteiger partial charge in [-0.25, -0.2) is 4.98 Å². The lowest BCUT2D eigenvalue weighted by atomic mass is 9.91. The quantitative estimate of drug-likeness (QED) is 0.407. The second kappa shape index (κ2) is 10.1. The molecule has 1 aliphatic rings. The number of carbonyl (C=O) groups excluding carboxylic acids is 1. The summed E-state index contributed by atoms with van der Waals surface area (Å²) in [4.78, 5) is 23.7. The van der Waals surface area contributed by atoms with Gasteiger partial charge in [-0.15, -0.1) is 0 Å². The van der Waals surface area contributed by atoms with Crippen molar-refractivity contribution in [1.29, 1.82) is 0 Å². The third kappa shape index (κ3) is 6.23. The van der Waals surface area contributed by atoms with Crippen molar-refractivity contribution in [2.24, 2.45) is 0 Å². The molecule has 0 spiro atoms. The fourth-order valence-corrected chi connectivity index (χ4v) is 4.38. The van der Waals surface area contributed by atoms with E-state index in [1.807, 2.05) is 43.3 Å².